The van der Waals surface area contributed by atoms with Crippen molar-refractivity contribution in [2.24, 2.45) is 5.73 Å². The van der Waals surface area contributed by atoms with Crippen molar-refractivity contribution >= 4 is 17.7 Å². The zero-order valence-electron chi connectivity index (χ0n) is 25.5. The smallest absolute Gasteiger partial charge is 0.268 e. The van der Waals surface area contributed by atoms with Gasteiger partial charge in [0.15, 0.2) is 0 Å². The Morgan fingerprint density at radius 3 is 1.95 bits per heavy atom. The molecule has 44 heavy (non-hydrogen) atoms. The van der Waals surface area contributed by atoms with Crippen LogP contribution in [0.5, 0.6) is 5.75 Å². The molecule has 1 heterocycles. The van der Waals surface area contributed by atoms with Crippen molar-refractivity contribution in [1.82, 2.24) is 20.9 Å². The maximum atomic E-state index is 13.9. The lowest BCUT2D eigenvalue weighted by Gasteiger charge is -2.24. The van der Waals surface area contributed by atoms with Gasteiger partial charge in [-0.1, -0.05) is 66.7 Å². The minimum Gasteiger partial charge on any atom is -0.494 e. The molecule has 4 aromatic rings. The summed E-state index contributed by atoms with van der Waals surface area (Å²) in [5, 5.41) is 8.78. The zero-order chi connectivity index (χ0) is 31.5. The maximum absolute atomic E-state index is 13.9. The van der Waals surface area contributed by atoms with Gasteiger partial charge in [0.2, 0.25) is 11.8 Å². The van der Waals surface area contributed by atoms with Gasteiger partial charge in [0.1, 0.15) is 23.5 Å². The number of ether oxygens (including phenoxy) is 1. The van der Waals surface area contributed by atoms with Crippen molar-refractivity contribution in [3.63, 3.8) is 0 Å². The van der Waals surface area contributed by atoms with Crippen LogP contribution in [0.1, 0.15) is 50.9 Å². The molecule has 0 aliphatic heterocycles. The molecule has 0 aliphatic carbocycles. The standard InChI is InChI=1S/C35H41N5O4/c1-4-44-29-16-14-26(15-17-29)20-31(40-35(43)32-23(2)18-24(3)38-32)34(42)39-30(19-25-8-6-5-7-9-25)33(41)37-22-28-12-10-27(21-36)11-13-28/h5-18,30-31,38H,4,19-22,36H2,1-3H3,(H,37,41)(H,39,42)(H,40,43)/t30-,31+/m0/s1. The van der Waals surface area contributed by atoms with Gasteiger partial charge in [0, 0.05) is 31.6 Å². The summed E-state index contributed by atoms with van der Waals surface area (Å²) in [6.07, 6.45) is 0.499. The van der Waals surface area contributed by atoms with Crippen LogP contribution in [-0.4, -0.2) is 41.4 Å². The Balaban J connectivity index is 1.54. The summed E-state index contributed by atoms with van der Waals surface area (Å²) < 4.78 is 5.55. The fourth-order valence-corrected chi connectivity index (χ4v) is 4.97. The average Bonchev–Trinajstić information content (AvgIpc) is 3.38. The third-order valence-corrected chi connectivity index (χ3v) is 7.31. The largest absolute Gasteiger partial charge is 0.494 e. The minimum atomic E-state index is -0.946. The summed E-state index contributed by atoms with van der Waals surface area (Å²) in [4.78, 5) is 43.8. The molecule has 0 fully saturated rings. The number of aryl methyl sites for hydroxylation is 2. The molecule has 9 nitrogen and oxygen atoms in total. The van der Waals surface area contributed by atoms with E-state index < -0.39 is 23.9 Å². The Kier molecular flexibility index (Phi) is 11.3. The van der Waals surface area contributed by atoms with Crippen molar-refractivity contribution in [2.75, 3.05) is 6.61 Å². The third kappa shape index (κ3) is 9.05. The van der Waals surface area contributed by atoms with E-state index in [1.165, 1.54) is 0 Å². The summed E-state index contributed by atoms with van der Waals surface area (Å²) in [6.45, 7) is 6.89. The molecule has 0 unspecified atom stereocenters. The van der Waals surface area contributed by atoms with Gasteiger partial charge < -0.3 is 31.4 Å². The number of benzene rings is 3. The molecule has 0 saturated heterocycles. The third-order valence-electron chi connectivity index (χ3n) is 7.31. The van der Waals surface area contributed by atoms with Crippen LogP contribution in [0.2, 0.25) is 0 Å². The Morgan fingerprint density at radius 1 is 0.773 bits per heavy atom. The van der Waals surface area contributed by atoms with Gasteiger partial charge in [0.25, 0.3) is 5.91 Å². The van der Waals surface area contributed by atoms with Crippen LogP contribution in [0.3, 0.4) is 0 Å². The second-order valence-electron chi connectivity index (χ2n) is 10.8. The highest BCUT2D eigenvalue weighted by molar-refractivity contribution is 5.98. The first-order valence-corrected chi connectivity index (χ1v) is 14.8. The fraction of sp³-hybridized carbons (Fsp3) is 0.286. The van der Waals surface area contributed by atoms with Crippen LogP contribution < -0.4 is 26.4 Å². The predicted octanol–water partition coefficient (Wildman–Crippen LogP) is 3.87. The predicted molar refractivity (Wildman–Crippen MR) is 171 cm³/mol. The van der Waals surface area contributed by atoms with E-state index in [2.05, 4.69) is 20.9 Å². The van der Waals surface area contributed by atoms with Gasteiger partial charge in [-0.05, 0) is 66.8 Å². The Labute approximate surface area is 258 Å². The molecule has 6 N–H and O–H groups in total. The second-order valence-corrected chi connectivity index (χ2v) is 10.8. The summed E-state index contributed by atoms with van der Waals surface area (Å²) in [5.74, 6) is -0.466. The minimum absolute atomic E-state index is 0.218. The first-order valence-electron chi connectivity index (χ1n) is 14.8. The molecular weight excluding hydrogens is 554 g/mol. The molecule has 2 atom stereocenters. The molecule has 1 aromatic heterocycles. The van der Waals surface area contributed by atoms with Gasteiger partial charge in [-0.3, -0.25) is 14.4 Å². The van der Waals surface area contributed by atoms with E-state index in [1.807, 2.05) is 106 Å². The van der Waals surface area contributed by atoms with E-state index in [0.29, 0.717) is 25.4 Å². The summed E-state index contributed by atoms with van der Waals surface area (Å²) in [5.41, 5.74) is 11.4. The molecule has 3 aromatic carbocycles. The Hall–Kier alpha value is -4.89. The summed E-state index contributed by atoms with van der Waals surface area (Å²) in [7, 11) is 0. The highest BCUT2D eigenvalue weighted by Crippen LogP contribution is 2.15. The zero-order valence-corrected chi connectivity index (χ0v) is 25.5. The van der Waals surface area contributed by atoms with Crippen LogP contribution in [-0.2, 0) is 35.5 Å². The van der Waals surface area contributed by atoms with E-state index in [-0.39, 0.29) is 18.7 Å². The summed E-state index contributed by atoms with van der Waals surface area (Å²) in [6, 6.07) is 24.6. The number of aromatic amines is 1. The van der Waals surface area contributed by atoms with E-state index >= 15 is 0 Å². The van der Waals surface area contributed by atoms with Gasteiger partial charge >= 0.3 is 0 Å². The van der Waals surface area contributed by atoms with Gasteiger partial charge in [-0.25, -0.2) is 0 Å². The van der Waals surface area contributed by atoms with Crippen molar-refractivity contribution in [2.45, 2.75) is 58.8 Å². The highest BCUT2D eigenvalue weighted by Gasteiger charge is 2.28. The highest BCUT2D eigenvalue weighted by atomic mass is 16.5. The van der Waals surface area contributed by atoms with Crippen LogP contribution >= 0.6 is 0 Å². The molecular formula is C35H41N5O4. The number of hydrogen-bond acceptors (Lipinski definition) is 5. The number of rotatable bonds is 14. The molecule has 0 aliphatic rings. The summed E-state index contributed by atoms with van der Waals surface area (Å²) >= 11 is 0. The SMILES string of the molecule is CCOc1ccc(C[C@@H](NC(=O)c2[nH]c(C)cc2C)C(=O)N[C@@H](Cc2ccccc2)C(=O)NCc2ccc(CN)cc2)cc1. The molecule has 0 bridgehead atoms. The topological polar surface area (TPSA) is 138 Å². The number of amides is 3. The maximum Gasteiger partial charge on any atom is 0.268 e. The number of nitrogens with two attached hydrogens (primary N) is 1. The van der Waals surface area contributed by atoms with Gasteiger partial charge in [-0.2, -0.15) is 0 Å². The molecule has 0 spiro atoms. The van der Waals surface area contributed by atoms with Crippen molar-refractivity contribution < 1.29 is 19.1 Å². The van der Waals surface area contributed by atoms with Crippen molar-refractivity contribution in [3.05, 3.63) is 124 Å². The average molecular weight is 596 g/mol. The Bertz CT molecular complexity index is 1530. The monoisotopic (exact) mass is 595 g/mol. The number of carbonyl (C=O) groups excluding carboxylic acids is 3. The lowest BCUT2D eigenvalue weighted by atomic mass is 10.0. The number of H-pyrrole nitrogens is 1. The first kappa shape index (κ1) is 32.0. The van der Waals surface area contributed by atoms with Crippen LogP contribution in [0.4, 0.5) is 0 Å². The van der Waals surface area contributed by atoms with E-state index in [9.17, 15) is 14.4 Å². The fourth-order valence-electron chi connectivity index (χ4n) is 4.97. The Morgan fingerprint density at radius 2 is 1.36 bits per heavy atom. The van der Waals surface area contributed by atoms with Crippen LogP contribution in [0.25, 0.3) is 0 Å². The van der Waals surface area contributed by atoms with Crippen molar-refractivity contribution in [1.29, 1.82) is 0 Å². The first-order chi connectivity index (χ1) is 21.2. The number of nitrogens with one attached hydrogen (secondary N) is 4. The number of hydrogen-bond donors (Lipinski definition) is 5. The molecule has 0 saturated carbocycles. The lowest BCUT2D eigenvalue weighted by Crippen LogP contribution is -2.55. The van der Waals surface area contributed by atoms with E-state index in [1.54, 1.807) is 0 Å². The van der Waals surface area contributed by atoms with E-state index in [4.69, 9.17) is 10.5 Å². The van der Waals surface area contributed by atoms with Crippen LogP contribution in [0, 0.1) is 13.8 Å². The number of aromatic nitrogens is 1. The molecule has 3 amide bonds. The van der Waals surface area contributed by atoms with Crippen LogP contribution in [0.15, 0.2) is 84.9 Å². The van der Waals surface area contributed by atoms with Gasteiger partial charge in [-0.15, -0.1) is 0 Å². The molecule has 0 radical (unpaired) electrons. The van der Waals surface area contributed by atoms with E-state index in [0.717, 1.165) is 39.3 Å². The second kappa shape index (κ2) is 15.5. The quantitative estimate of drug-likeness (QED) is 0.151. The lowest BCUT2D eigenvalue weighted by molar-refractivity contribution is -0.130. The normalized spacial score (nSPS) is 12.2. The van der Waals surface area contributed by atoms with Gasteiger partial charge in [0.05, 0.1) is 6.61 Å². The number of carbonyl (C=O) groups is 3. The molecule has 230 valence electrons. The van der Waals surface area contributed by atoms with Crippen molar-refractivity contribution in [3.8, 4) is 5.75 Å². The molecule has 9 heteroatoms. The molecule has 4 rings (SSSR count).